The molecule has 0 aromatic heterocycles. The molecule has 1 fully saturated rings. The number of rotatable bonds is 7. The second kappa shape index (κ2) is 9.02. The largest absolute Gasteiger partial charge is 0.486 e. The minimum Gasteiger partial charge on any atom is -0.486 e. The Hall–Kier alpha value is -2.09. The zero-order chi connectivity index (χ0) is 18.4. The normalized spacial score (nSPS) is 20.5. The highest BCUT2D eigenvalue weighted by Crippen LogP contribution is 2.39. The average Bonchev–Trinajstić information content (AvgIpc) is 2.68. The summed E-state index contributed by atoms with van der Waals surface area (Å²) in [5.41, 5.74) is 1.35. The maximum Gasteiger partial charge on any atom is 0.172 e. The molecule has 138 valence electrons. The molecule has 3 rings (SSSR count). The third kappa shape index (κ3) is 4.35. The molecule has 2 heteroatoms. The Bertz CT molecular complexity index is 769. The van der Waals surface area contributed by atoms with E-state index in [1.54, 1.807) is 6.07 Å². The van der Waals surface area contributed by atoms with Crippen molar-refractivity contribution in [2.24, 2.45) is 5.92 Å². The Labute approximate surface area is 156 Å². The third-order valence-electron chi connectivity index (χ3n) is 5.61. The van der Waals surface area contributed by atoms with E-state index in [2.05, 4.69) is 18.7 Å². The summed E-state index contributed by atoms with van der Waals surface area (Å²) in [4.78, 5) is 0. The molecule has 0 heterocycles. The predicted octanol–water partition coefficient (Wildman–Crippen LogP) is 7.17. The Kier molecular flexibility index (Phi) is 6.49. The Morgan fingerprint density at radius 1 is 1.15 bits per heavy atom. The first-order valence-corrected chi connectivity index (χ1v) is 9.80. The number of halogens is 1. The second-order valence-corrected chi connectivity index (χ2v) is 7.32. The second-order valence-electron chi connectivity index (χ2n) is 7.32. The van der Waals surface area contributed by atoms with Crippen LogP contribution in [0, 0.1) is 11.7 Å². The van der Waals surface area contributed by atoms with Gasteiger partial charge in [-0.3, -0.25) is 0 Å². The zero-order valence-electron chi connectivity index (χ0n) is 15.7. The molecule has 2 aromatic carbocycles. The number of benzene rings is 2. The van der Waals surface area contributed by atoms with Gasteiger partial charge in [-0.1, -0.05) is 42.5 Å². The van der Waals surface area contributed by atoms with Crippen molar-refractivity contribution in [1.29, 1.82) is 0 Å². The summed E-state index contributed by atoms with van der Waals surface area (Å²) in [6.45, 7) is 6.15. The van der Waals surface area contributed by atoms with Crippen LogP contribution in [0.3, 0.4) is 0 Å². The maximum atomic E-state index is 14.7. The van der Waals surface area contributed by atoms with Crippen molar-refractivity contribution < 1.29 is 9.13 Å². The van der Waals surface area contributed by atoms with E-state index in [1.807, 2.05) is 37.3 Å². The lowest BCUT2D eigenvalue weighted by atomic mass is 9.77. The quantitative estimate of drug-likeness (QED) is 0.480. The fraction of sp³-hybridized carbons (Fsp3) is 0.417. The molecule has 26 heavy (non-hydrogen) atoms. The molecule has 1 nitrogen and oxygen atoms in total. The van der Waals surface area contributed by atoms with Crippen LogP contribution in [-0.2, 0) is 0 Å². The van der Waals surface area contributed by atoms with Gasteiger partial charge in [-0.15, -0.1) is 6.58 Å². The molecule has 0 aliphatic heterocycles. The van der Waals surface area contributed by atoms with Gasteiger partial charge in [0.15, 0.2) is 11.6 Å². The number of allylic oxidation sites excluding steroid dienone is 2. The van der Waals surface area contributed by atoms with Gasteiger partial charge in [0, 0.05) is 5.39 Å². The highest BCUT2D eigenvalue weighted by atomic mass is 19.1. The molecule has 2 aromatic rings. The summed E-state index contributed by atoms with van der Waals surface area (Å²) >= 11 is 0. The molecule has 0 bridgehead atoms. The number of ether oxygens (including phenoxy) is 1. The van der Waals surface area contributed by atoms with Crippen LogP contribution in [0.2, 0.25) is 0 Å². The monoisotopic (exact) mass is 352 g/mol. The van der Waals surface area contributed by atoms with Crippen LogP contribution in [0.4, 0.5) is 4.39 Å². The Morgan fingerprint density at radius 3 is 2.69 bits per heavy atom. The predicted molar refractivity (Wildman–Crippen MR) is 108 cm³/mol. The molecular formula is C24H29FO. The first-order chi connectivity index (χ1) is 12.7. The van der Waals surface area contributed by atoms with E-state index in [0.29, 0.717) is 23.7 Å². The van der Waals surface area contributed by atoms with E-state index < -0.39 is 0 Å². The lowest BCUT2D eigenvalue weighted by Gasteiger charge is -2.28. The topological polar surface area (TPSA) is 9.23 Å². The zero-order valence-corrected chi connectivity index (χ0v) is 15.7. The molecule has 0 atom stereocenters. The molecule has 0 amide bonds. The van der Waals surface area contributed by atoms with Crippen molar-refractivity contribution >= 4 is 10.8 Å². The molecule has 0 N–H and O–H groups in total. The third-order valence-corrected chi connectivity index (χ3v) is 5.61. The van der Waals surface area contributed by atoms with E-state index >= 15 is 0 Å². The summed E-state index contributed by atoms with van der Waals surface area (Å²) in [5, 5.41) is 1.61. The summed E-state index contributed by atoms with van der Waals surface area (Å²) in [5.74, 6) is 1.52. The van der Waals surface area contributed by atoms with E-state index in [-0.39, 0.29) is 5.82 Å². The van der Waals surface area contributed by atoms with Crippen LogP contribution in [0.1, 0.15) is 56.9 Å². The van der Waals surface area contributed by atoms with Gasteiger partial charge in [0.1, 0.15) is 6.61 Å². The van der Waals surface area contributed by atoms with Gasteiger partial charge in [0.25, 0.3) is 0 Å². The molecule has 0 spiro atoms. The lowest BCUT2D eigenvalue weighted by Crippen LogP contribution is -2.13. The van der Waals surface area contributed by atoms with Crippen LogP contribution in [0.15, 0.2) is 55.1 Å². The fourth-order valence-corrected chi connectivity index (χ4v) is 4.03. The maximum absolute atomic E-state index is 14.7. The van der Waals surface area contributed by atoms with E-state index in [0.717, 1.165) is 17.7 Å². The first kappa shape index (κ1) is 18.7. The van der Waals surface area contributed by atoms with Crippen LogP contribution in [0.5, 0.6) is 5.75 Å². The van der Waals surface area contributed by atoms with Gasteiger partial charge in [0.05, 0.1) is 0 Å². The highest BCUT2D eigenvalue weighted by molar-refractivity contribution is 5.85. The molecule has 1 aliphatic carbocycles. The number of hydrogen-bond acceptors (Lipinski definition) is 1. The summed E-state index contributed by atoms with van der Waals surface area (Å²) < 4.78 is 20.2. The van der Waals surface area contributed by atoms with Crippen molar-refractivity contribution in [2.75, 3.05) is 6.61 Å². The molecule has 0 unspecified atom stereocenters. The van der Waals surface area contributed by atoms with Gasteiger partial charge in [-0.05, 0) is 74.3 Å². The highest BCUT2D eigenvalue weighted by Gasteiger charge is 2.22. The van der Waals surface area contributed by atoms with Gasteiger partial charge in [-0.25, -0.2) is 4.39 Å². The average molecular weight is 352 g/mol. The SMILES string of the molecule is C=CCCC1CCC(c2ccc3c(F)c(OCC=CC)ccc3c2)CC1. The van der Waals surface area contributed by atoms with Crippen molar-refractivity contribution in [1.82, 2.24) is 0 Å². The molecule has 0 saturated heterocycles. The van der Waals surface area contributed by atoms with Crippen molar-refractivity contribution in [3.05, 3.63) is 66.5 Å². The molecule has 0 radical (unpaired) electrons. The van der Waals surface area contributed by atoms with E-state index in [1.165, 1.54) is 37.7 Å². The van der Waals surface area contributed by atoms with Crippen LogP contribution < -0.4 is 4.74 Å². The molecule has 1 saturated carbocycles. The Balaban J connectivity index is 1.72. The van der Waals surface area contributed by atoms with E-state index in [4.69, 9.17) is 4.74 Å². The minimum absolute atomic E-state index is 0.258. The summed E-state index contributed by atoms with van der Waals surface area (Å²) in [7, 11) is 0. The number of fused-ring (bicyclic) bond motifs is 1. The fourth-order valence-electron chi connectivity index (χ4n) is 4.03. The minimum atomic E-state index is -0.258. The molecule has 1 aliphatic rings. The van der Waals surface area contributed by atoms with Crippen molar-refractivity contribution in [2.45, 2.75) is 51.4 Å². The number of hydrogen-bond donors (Lipinski definition) is 0. The Morgan fingerprint density at radius 2 is 1.96 bits per heavy atom. The summed E-state index contributed by atoms with van der Waals surface area (Å²) in [6, 6.07) is 9.92. The van der Waals surface area contributed by atoms with E-state index in [9.17, 15) is 4.39 Å². The van der Waals surface area contributed by atoms with Gasteiger partial charge in [0.2, 0.25) is 0 Å². The molecular weight excluding hydrogens is 323 g/mol. The van der Waals surface area contributed by atoms with Crippen molar-refractivity contribution in [3.8, 4) is 5.75 Å². The van der Waals surface area contributed by atoms with Gasteiger partial charge < -0.3 is 4.74 Å². The lowest BCUT2D eigenvalue weighted by molar-refractivity contribution is 0.312. The van der Waals surface area contributed by atoms with Gasteiger partial charge >= 0.3 is 0 Å². The van der Waals surface area contributed by atoms with Crippen molar-refractivity contribution in [3.63, 3.8) is 0 Å². The standard InChI is InChI=1S/C24H29FO/c1-3-5-7-18-8-10-19(11-9-18)20-12-14-22-21(17-20)13-15-23(24(22)25)26-16-6-4-2/h3-4,6,12-15,17-19H,1,5,7-11,16H2,2H3. The summed E-state index contributed by atoms with van der Waals surface area (Å²) in [6.07, 6.45) is 13.3. The first-order valence-electron chi connectivity index (χ1n) is 9.80. The smallest absolute Gasteiger partial charge is 0.172 e. The van der Waals surface area contributed by atoms with Gasteiger partial charge in [-0.2, -0.15) is 0 Å². The van der Waals surface area contributed by atoms with Crippen LogP contribution >= 0.6 is 0 Å². The van der Waals surface area contributed by atoms with Crippen LogP contribution in [0.25, 0.3) is 10.8 Å². The van der Waals surface area contributed by atoms with Crippen LogP contribution in [-0.4, -0.2) is 6.61 Å².